The largest absolute Gasteiger partial charge is 0.465 e. The lowest BCUT2D eigenvalue weighted by Gasteiger charge is -2.50. The van der Waals surface area contributed by atoms with Crippen molar-refractivity contribution in [2.24, 2.45) is 23.7 Å². The lowest BCUT2D eigenvalue weighted by molar-refractivity contribution is -0.171. The Kier molecular flexibility index (Phi) is 5.38. The fraction of sp³-hybridized carbons (Fsp3) is 0.765. The Balaban J connectivity index is 2.03. The number of esters is 1. The average Bonchev–Trinajstić information content (AvgIpc) is 2.37. The molecule has 0 aliphatic heterocycles. The lowest BCUT2D eigenvalue weighted by Crippen LogP contribution is -2.54. The van der Waals surface area contributed by atoms with E-state index in [9.17, 15) is 9.59 Å². The van der Waals surface area contributed by atoms with E-state index in [0.29, 0.717) is 18.4 Å². The summed E-state index contributed by atoms with van der Waals surface area (Å²) < 4.78 is 5.38. The molecule has 0 saturated heterocycles. The van der Waals surface area contributed by atoms with Gasteiger partial charge >= 0.3 is 5.97 Å². The molecule has 0 amide bonds. The molecule has 0 spiro atoms. The SMILES string of the molecule is CCCCOC(=O)[C@@H]1[C@H]2CC/C=C/CC[C@@H]2[C@@H]1C(C)=O. The zero-order valence-corrected chi connectivity index (χ0v) is 12.6. The van der Waals surface area contributed by atoms with Gasteiger partial charge in [0.1, 0.15) is 5.78 Å². The lowest BCUT2D eigenvalue weighted by atomic mass is 9.52. The Morgan fingerprint density at radius 2 is 1.70 bits per heavy atom. The molecular formula is C17H26O3. The van der Waals surface area contributed by atoms with Crippen LogP contribution in [-0.4, -0.2) is 18.4 Å². The maximum absolute atomic E-state index is 12.3. The molecule has 0 radical (unpaired) electrons. The minimum Gasteiger partial charge on any atom is -0.465 e. The first-order valence-corrected chi connectivity index (χ1v) is 7.99. The molecule has 20 heavy (non-hydrogen) atoms. The number of ether oxygens (including phenoxy) is 1. The highest BCUT2D eigenvalue weighted by Crippen LogP contribution is 2.52. The Morgan fingerprint density at radius 3 is 2.25 bits per heavy atom. The molecular weight excluding hydrogens is 252 g/mol. The second kappa shape index (κ2) is 7.05. The summed E-state index contributed by atoms with van der Waals surface area (Å²) in [5.41, 5.74) is 0. The maximum atomic E-state index is 12.3. The summed E-state index contributed by atoms with van der Waals surface area (Å²) in [5, 5.41) is 0. The third kappa shape index (κ3) is 3.13. The molecule has 1 fully saturated rings. The number of rotatable bonds is 5. The summed E-state index contributed by atoms with van der Waals surface area (Å²) >= 11 is 0. The standard InChI is InChI=1S/C17H26O3/c1-3-4-11-20-17(19)16-14-10-8-6-5-7-9-13(14)15(16)12(2)18/h5-6,13-16H,3-4,7-11H2,1-2H3/b6-5+/t13-,14-,15-,16+/m0/s1. The van der Waals surface area contributed by atoms with Gasteiger partial charge in [0.15, 0.2) is 0 Å². The number of allylic oxidation sites excluding steroid dienone is 2. The predicted octanol–water partition coefficient (Wildman–Crippen LogP) is 3.53. The van der Waals surface area contributed by atoms with Gasteiger partial charge in [-0.3, -0.25) is 9.59 Å². The molecule has 4 atom stereocenters. The van der Waals surface area contributed by atoms with Crippen molar-refractivity contribution < 1.29 is 14.3 Å². The third-order valence-corrected chi connectivity index (χ3v) is 4.84. The van der Waals surface area contributed by atoms with Crippen molar-refractivity contribution in [3.63, 3.8) is 0 Å². The third-order valence-electron chi connectivity index (χ3n) is 4.84. The van der Waals surface area contributed by atoms with Gasteiger partial charge in [-0.2, -0.15) is 0 Å². The van der Waals surface area contributed by atoms with Crippen molar-refractivity contribution in [3.05, 3.63) is 12.2 Å². The summed E-state index contributed by atoms with van der Waals surface area (Å²) in [7, 11) is 0. The summed E-state index contributed by atoms with van der Waals surface area (Å²) in [6.07, 6.45) is 10.4. The molecule has 3 heteroatoms. The molecule has 3 nitrogen and oxygen atoms in total. The molecule has 0 bridgehead atoms. The summed E-state index contributed by atoms with van der Waals surface area (Å²) in [6.45, 7) is 4.20. The highest BCUT2D eigenvalue weighted by atomic mass is 16.5. The van der Waals surface area contributed by atoms with Crippen LogP contribution in [0.25, 0.3) is 0 Å². The first kappa shape index (κ1) is 15.3. The summed E-state index contributed by atoms with van der Waals surface area (Å²) in [4.78, 5) is 24.2. The minimum atomic E-state index is -0.180. The van der Waals surface area contributed by atoms with E-state index in [1.165, 1.54) is 0 Å². The van der Waals surface area contributed by atoms with E-state index < -0.39 is 0 Å². The number of hydrogen-bond donors (Lipinski definition) is 0. The number of hydrogen-bond acceptors (Lipinski definition) is 3. The van der Waals surface area contributed by atoms with Crippen molar-refractivity contribution in [2.75, 3.05) is 6.61 Å². The second-order valence-electron chi connectivity index (χ2n) is 6.14. The molecule has 2 aliphatic carbocycles. The Labute approximate surface area is 121 Å². The maximum Gasteiger partial charge on any atom is 0.309 e. The summed E-state index contributed by atoms with van der Waals surface area (Å²) in [6, 6.07) is 0. The van der Waals surface area contributed by atoms with Gasteiger partial charge < -0.3 is 4.74 Å². The van der Waals surface area contributed by atoms with E-state index in [0.717, 1.165) is 38.5 Å². The van der Waals surface area contributed by atoms with Crippen molar-refractivity contribution >= 4 is 11.8 Å². The van der Waals surface area contributed by atoms with Gasteiger partial charge in [-0.25, -0.2) is 0 Å². The number of carbonyl (C=O) groups is 2. The van der Waals surface area contributed by atoms with E-state index in [2.05, 4.69) is 19.1 Å². The van der Waals surface area contributed by atoms with Crippen LogP contribution in [0.2, 0.25) is 0 Å². The molecule has 0 aromatic heterocycles. The van der Waals surface area contributed by atoms with Crippen LogP contribution in [0.15, 0.2) is 12.2 Å². The van der Waals surface area contributed by atoms with Crippen molar-refractivity contribution in [2.45, 2.75) is 52.4 Å². The van der Waals surface area contributed by atoms with Gasteiger partial charge in [0.05, 0.1) is 12.5 Å². The molecule has 2 aliphatic rings. The topological polar surface area (TPSA) is 43.4 Å². The Bertz CT molecular complexity index is 386. The Morgan fingerprint density at radius 1 is 1.10 bits per heavy atom. The number of ketones is 1. The molecule has 0 aromatic rings. The number of carbonyl (C=O) groups excluding carboxylic acids is 2. The first-order valence-electron chi connectivity index (χ1n) is 7.99. The molecule has 0 aromatic carbocycles. The van der Waals surface area contributed by atoms with E-state index >= 15 is 0 Å². The predicted molar refractivity (Wildman–Crippen MR) is 78.1 cm³/mol. The number of Topliss-reactive ketones (excluding diaryl/α,β-unsaturated/α-hetero) is 1. The van der Waals surface area contributed by atoms with Crippen molar-refractivity contribution in [1.29, 1.82) is 0 Å². The van der Waals surface area contributed by atoms with Gasteiger partial charge in [-0.1, -0.05) is 25.5 Å². The molecule has 2 rings (SSSR count). The molecule has 0 unspecified atom stereocenters. The van der Waals surface area contributed by atoms with Crippen LogP contribution in [0.3, 0.4) is 0 Å². The molecule has 0 N–H and O–H groups in total. The molecule has 1 saturated carbocycles. The summed E-state index contributed by atoms with van der Waals surface area (Å²) in [5.74, 6) is 0.489. The van der Waals surface area contributed by atoms with Crippen LogP contribution in [0.5, 0.6) is 0 Å². The average molecular weight is 278 g/mol. The quantitative estimate of drug-likeness (QED) is 0.439. The van der Waals surface area contributed by atoms with Gasteiger partial charge in [-0.05, 0) is 50.9 Å². The zero-order valence-electron chi connectivity index (χ0n) is 12.6. The molecule has 112 valence electrons. The van der Waals surface area contributed by atoms with Crippen molar-refractivity contribution in [3.8, 4) is 0 Å². The van der Waals surface area contributed by atoms with E-state index in [4.69, 9.17) is 4.74 Å². The molecule has 0 heterocycles. The number of unbranched alkanes of at least 4 members (excludes halogenated alkanes) is 1. The van der Waals surface area contributed by atoms with Gasteiger partial charge in [-0.15, -0.1) is 0 Å². The Hall–Kier alpha value is -1.12. The zero-order chi connectivity index (χ0) is 14.5. The van der Waals surface area contributed by atoms with E-state index in [-0.39, 0.29) is 23.6 Å². The van der Waals surface area contributed by atoms with Crippen molar-refractivity contribution in [1.82, 2.24) is 0 Å². The fourth-order valence-electron chi connectivity index (χ4n) is 3.81. The smallest absolute Gasteiger partial charge is 0.309 e. The van der Waals surface area contributed by atoms with Crippen LogP contribution in [0.1, 0.15) is 52.4 Å². The number of fused-ring (bicyclic) bond motifs is 1. The van der Waals surface area contributed by atoms with E-state index in [1.807, 2.05) is 0 Å². The van der Waals surface area contributed by atoms with Gasteiger partial charge in [0.2, 0.25) is 0 Å². The first-order chi connectivity index (χ1) is 9.66. The van der Waals surface area contributed by atoms with Crippen LogP contribution >= 0.6 is 0 Å². The van der Waals surface area contributed by atoms with Crippen LogP contribution in [0, 0.1) is 23.7 Å². The fourth-order valence-corrected chi connectivity index (χ4v) is 3.81. The second-order valence-corrected chi connectivity index (χ2v) is 6.14. The highest BCUT2D eigenvalue weighted by Gasteiger charge is 2.55. The van der Waals surface area contributed by atoms with Crippen LogP contribution in [0.4, 0.5) is 0 Å². The van der Waals surface area contributed by atoms with Gasteiger partial charge in [0.25, 0.3) is 0 Å². The van der Waals surface area contributed by atoms with Crippen LogP contribution in [-0.2, 0) is 14.3 Å². The van der Waals surface area contributed by atoms with Crippen LogP contribution < -0.4 is 0 Å². The highest BCUT2D eigenvalue weighted by molar-refractivity contribution is 5.87. The minimum absolute atomic E-state index is 0.0966. The monoisotopic (exact) mass is 278 g/mol. The normalized spacial score (nSPS) is 34.1. The van der Waals surface area contributed by atoms with E-state index in [1.54, 1.807) is 6.92 Å². The van der Waals surface area contributed by atoms with Gasteiger partial charge in [0, 0.05) is 5.92 Å².